The Balaban J connectivity index is 1.49. The zero-order chi connectivity index (χ0) is 16.8. The molecule has 3 rings (SSSR count). The van der Waals surface area contributed by atoms with Crippen LogP contribution in [0.25, 0.3) is 0 Å². The van der Waals surface area contributed by atoms with Crippen molar-refractivity contribution in [3.05, 3.63) is 66.0 Å². The van der Waals surface area contributed by atoms with E-state index in [0.29, 0.717) is 6.42 Å². The standard InChI is InChI=1S/C20H25N3O/c1-17-15-22(16-18-7-3-2-4-8-18)13-14-23(17)20(24)11-10-19-9-5-6-12-21-19/h2-9,12,17H,10-11,13-16H2,1H3/t17-/m1/s1. The van der Waals surface area contributed by atoms with Gasteiger partial charge in [-0.3, -0.25) is 14.7 Å². The molecule has 0 spiro atoms. The fourth-order valence-electron chi connectivity index (χ4n) is 3.31. The summed E-state index contributed by atoms with van der Waals surface area (Å²) in [7, 11) is 0. The lowest BCUT2D eigenvalue weighted by atomic mass is 10.1. The predicted octanol–water partition coefficient (Wildman–Crippen LogP) is 2.75. The van der Waals surface area contributed by atoms with Crippen LogP contribution in [0.2, 0.25) is 0 Å². The molecule has 1 aliphatic heterocycles. The number of benzene rings is 1. The molecule has 0 bridgehead atoms. The largest absolute Gasteiger partial charge is 0.337 e. The molecule has 1 amide bonds. The number of hydrogen-bond donors (Lipinski definition) is 0. The zero-order valence-corrected chi connectivity index (χ0v) is 14.3. The van der Waals surface area contributed by atoms with Crippen molar-refractivity contribution < 1.29 is 4.79 Å². The van der Waals surface area contributed by atoms with Gasteiger partial charge in [-0.05, 0) is 31.0 Å². The second-order valence-corrected chi connectivity index (χ2v) is 6.48. The number of nitrogens with zero attached hydrogens (tertiary/aromatic N) is 3. The van der Waals surface area contributed by atoms with E-state index in [1.54, 1.807) is 6.20 Å². The Bertz CT molecular complexity index is 644. The fraction of sp³-hybridized carbons (Fsp3) is 0.400. The number of piperazine rings is 1. The van der Waals surface area contributed by atoms with Crippen LogP contribution in [-0.2, 0) is 17.8 Å². The molecule has 0 aliphatic carbocycles. The summed E-state index contributed by atoms with van der Waals surface area (Å²) in [5.41, 5.74) is 2.32. The predicted molar refractivity (Wildman–Crippen MR) is 95.5 cm³/mol. The molecule has 2 aromatic rings. The lowest BCUT2D eigenvalue weighted by Crippen LogP contribution is -2.53. The average Bonchev–Trinajstić information content (AvgIpc) is 2.61. The molecule has 2 heterocycles. The van der Waals surface area contributed by atoms with Gasteiger partial charge in [0.05, 0.1) is 0 Å². The van der Waals surface area contributed by atoms with Crippen molar-refractivity contribution in [2.45, 2.75) is 32.4 Å². The van der Waals surface area contributed by atoms with Gasteiger partial charge in [-0.25, -0.2) is 0 Å². The molecule has 0 saturated carbocycles. The monoisotopic (exact) mass is 323 g/mol. The first kappa shape index (κ1) is 16.7. The summed E-state index contributed by atoms with van der Waals surface area (Å²) in [6, 6.07) is 16.6. The Hall–Kier alpha value is -2.20. The van der Waals surface area contributed by atoms with Gasteiger partial charge in [0.1, 0.15) is 0 Å². The lowest BCUT2D eigenvalue weighted by molar-refractivity contribution is -0.135. The van der Waals surface area contributed by atoms with Crippen LogP contribution in [0.3, 0.4) is 0 Å². The average molecular weight is 323 g/mol. The van der Waals surface area contributed by atoms with E-state index in [2.05, 4.69) is 41.1 Å². The van der Waals surface area contributed by atoms with Gasteiger partial charge in [-0.1, -0.05) is 36.4 Å². The van der Waals surface area contributed by atoms with E-state index in [1.807, 2.05) is 29.2 Å². The van der Waals surface area contributed by atoms with Crippen molar-refractivity contribution in [3.63, 3.8) is 0 Å². The number of rotatable bonds is 5. The van der Waals surface area contributed by atoms with E-state index < -0.39 is 0 Å². The third kappa shape index (κ3) is 4.42. The normalized spacial score (nSPS) is 18.5. The van der Waals surface area contributed by atoms with Crippen molar-refractivity contribution in [3.8, 4) is 0 Å². The number of carbonyl (C=O) groups is 1. The fourth-order valence-corrected chi connectivity index (χ4v) is 3.31. The molecule has 0 unspecified atom stereocenters. The van der Waals surface area contributed by atoms with Gasteiger partial charge in [0.15, 0.2) is 0 Å². The molecule has 4 heteroatoms. The minimum absolute atomic E-state index is 0.243. The molecular weight excluding hydrogens is 298 g/mol. The highest BCUT2D eigenvalue weighted by Gasteiger charge is 2.26. The van der Waals surface area contributed by atoms with E-state index in [4.69, 9.17) is 0 Å². The first-order valence-electron chi connectivity index (χ1n) is 8.68. The van der Waals surface area contributed by atoms with Gasteiger partial charge in [0.25, 0.3) is 0 Å². The molecule has 24 heavy (non-hydrogen) atoms. The summed E-state index contributed by atoms with van der Waals surface area (Å²) in [6.07, 6.45) is 3.04. The third-order valence-electron chi connectivity index (χ3n) is 4.60. The minimum atomic E-state index is 0.243. The van der Waals surface area contributed by atoms with Crippen LogP contribution in [0, 0.1) is 0 Å². The molecule has 1 aromatic carbocycles. The van der Waals surface area contributed by atoms with Gasteiger partial charge < -0.3 is 4.90 Å². The second kappa shape index (κ2) is 8.06. The SMILES string of the molecule is C[C@@H]1CN(Cc2ccccc2)CCN1C(=O)CCc1ccccn1. The van der Waals surface area contributed by atoms with Gasteiger partial charge in [-0.2, -0.15) is 0 Å². The highest BCUT2D eigenvalue weighted by molar-refractivity contribution is 5.76. The van der Waals surface area contributed by atoms with E-state index in [9.17, 15) is 4.79 Å². The quantitative estimate of drug-likeness (QED) is 0.849. The van der Waals surface area contributed by atoms with Crippen LogP contribution in [0.4, 0.5) is 0 Å². The maximum atomic E-state index is 12.5. The first-order valence-corrected chi connectivity index (χ1v) is 8.68. The van der Waals surface area contributed by atoms with E-state index in [1.165, 1.54) is 5.56 Å². The summed E-state index contributed by atoms with van der Waals surface area (Å²) in [4.78, 5) is 21.3. The third-order valence-corrected chi connectivity index (χ3v) is 4.60. The molecule has 126 valence electrons. The lowest BCUT2D eigenvalue weighted by Gasteiger charge is -2.40. The van der Waals surface area contributed by atoms with Crippen LogP contribution in [-0.4, -0.2) is 46.4 Å². The van der Waals surface area contributed by atoms with E-state index >= 15 is 0 Å². The number of amides is 1. The number of hydrogen-bond acceptors (Lipinski definition) is 3. The van der Waals surface area contributed by atoms with Crippen LogP contribution in [0.1, 0.15) is 24.6 Å². The van der Waals surface area contributed by atoms with Crippen molar-refractivity contribution in [2.24, 2.45) is 0 Å². The Morgan fingerprint density at radius 2 is 1.92 bits per heavy atom. The number of pyridine rings is 1. The molecular formula is C20H25N3O. The number of aryl methyl sites for hydroxylation is 1. The van der Waals surface area contributed by atoms with Gasteiger partial charge in [-0.15, -0.1) is 0 Å². The van der Waals surface area contributed by atoms with Gasteiger partial charge in [0, 0.05) is 50.5 Å². The molecule has 1 fully saturated rings. The second-order valence-electron chi connectivity index (χ2n) is 6.48. The Kier molecular flexibility index (Phi) is 5.59. The summed E-state index contributed by atoms with van der Waals surface area (Å²) in [5, 5.41) is 0. The summed E-state index contributed by atoms with van der Waals surface area (Å²) in [5.74, 6) is 0.243. The molecule has 1 saturated heterocycles. The minimum Gasteiger partial charge on any atom is -0.337 e. The molecule has 1 atom stereocenters. The zero-order valence-electron chi connectivity index (χ0n) is 14.3. The Morgan fingerprint density at radius 1 is 1.12 bits per heavy atom. The topological polar surface area (TPSA) is 36.4 Å². The summed E-state index contributed by atoms with van der Waals surface area (Å²) in [6.45, 7) is 5.80. The van der Waals surface area contributed by atoms with Crippen LogP contribution >= 0.6 is 0 Å². The molecule has 0 N–H and O–H groups in total. The van der Waals surface area contributed by atoms with Crippen molar-refractivity contribution in [1.82, 2.24) is 14.8 Å². The first-order chi connectivity index (χ1) is 11.7. The van der Waals surface area contributed by atoms with E-state index in [0.717, 1.165) is 38.3 Å². The molecule has 1 aromatic heterocycles. The smallest absolute Gasteiger partial charge is 0.223 e. The van der Waals surface area contributed by atoms with Crippen molar-refractivity contribution in [1.29, 1.82) is 0 Å². The van der Waals surface area contributed by atoms with Gasteiger partial charge in [0.2, 0.25) is 5.91 Å². The maximum absolute atomic E-state index is 12.5. The molecule has 1 aliphatic rings. The van der Waals surface area contributed by atoms with Crippen LogP contribution in [0.5, 0.6) is 0 Å². The highest BCUT2D eigenvalue weighted by Crippen LogP contribution is 2.15. The summed E-state index contributed by atoms with van der Waals surface area (Å²) < 4.78 is 0. The van der Waals surface area contributed by atoms with Gasteiger partial charge >= 0.3 is 0 Å². The number of carbonyl (C=O) groups excluding carboxylic acids is 1. The highest BCUT2D eigenvalue weighted by atomic mass is 16.2. The maximum Gasteiger partial charge on any atom is 0.223 e. The van der Waals surface area contributed by atoms with Crippen LogP contribution in [0.15, 0.2) is 54.7 Å². The number of aromatic nitrogens is 1. The molecule has 4 nitrogen and oxygen atoms in total. The van der Waals surface area contributed by atoms with Crippen molar-refractivity contribution in [2.75, 3.05) is 19.6 Å². The van der Waals surface area contributed by atoms with Crippen molar-refractivity contribution >= 4 is 5.91 Å². The summed E-state index contributed by atoms with van der Waals surface area (Å²) >= 11 is 0. The Morgan fingerprint density at radius 3 is 2.62 bits per heavy atom. The molecule has 0 radical (unpaired) electrons. The van der Waals surface area contributed by atoms with Crippen LogP contribution < -0.4 is 0 Å². The van der Waals surface area contributed by atoms with E-state index in [-0.39, 0.29) is 11.9 Å². The Labute approximate surface area is 144 Å².